The van der Waals surface area contributed by atoms with Crippen molar-refractivity contribution in [2.24, 2.45) is 5.92 Å². The Morgan fingerprint density at radius 1 is 0.783 bits per heavy atom. The molecule has 1 unspecified atom stereocenters. The van der Waals surface area contributed by atoms with Gasteiger partial charge in [0.15, 0.2) is 0 Å². The number of unbranched alkanes of at least 4 members (excludes halogenated alkanes) is 6. The maximum atomic E-state index is 9.04. The third-order valence-corrected chi connectivity index (χ3v) is 4.29. The molecule has 1 atom stereocenters. The molecule has 0 aromatic heterocycles. The molecule has 23 heavy (non-hydrogen) atoms. The average Bonchev–Trinajstić information content (AvgIpc) is 2.58. The Kier molecular flexibility index (Phi) is 18.7. The van der Waals surface area contributed by atoms with Gasteiger partial charge >= 0.3 is 0 Å². The topological polar surface area (TPSA) is 20.2 Å². The van der Waals surface area contributed by atoms with Gasteiger partial charge in [-0.25, -0.2) is 0 Å². The van der Waals surface area contributed by atoms with Crippen molar-refractivity contribution in [2.75, 3.05) is 6.61 Å². The maximum Gasteiger partial charge on any atom is 0.0502 e. The predicted octanol–water partition coefficient (Wildman–Crippen LogP) is 6.57. The lowest BCUT2D eigenvalue weighted by Crippen LogP contribution is -2.05. The van der Waals surface area contributed by atoms with Crippen molar-refractivity contribution in [3.8, 4) is 0 Å². The van der Waals surface area contributed by atoms with Crippen molar-refractivity contribution in [3.05, 3.63) is 36.5 Å². The zero-order valence-electron chi connectivity index (χ0n) is 15.0. The van der Waals surface area contributed by atoms with Crippen molar-refractivity contribution >= 4 is 17.6 Å². The summed E-state index contributed by atoms with van der Waals surface area (Å²) in [4.78, 5) is 0. The van der Waals surface area contributed by atoms with E-state index in [1.54, 1.807) is 5.37 Å². The van der Waals surface area contributed by atoms with Crippen molar-refractivity contribution in [3.63, 3.8) is 0 Å². The number of allylic oxidation sites excluding steroid dienone is 6. The quantitative estimate of drug-likeness (QED) is 0.195. The first kappa shape index (κ1) is 22.3. The van der Waals surface area contributed by atoms with Crippen LogP contribution in [-0.2, 0) is 0 Å². The number of hydrogen-bond donors (Lipinski definition) is 1. The van der Waals surface area contributed by atoms with Crippen LogP contribution in [0.5, 0.6) is 0 Å². The van der Waals surface area contributed by atoms with E-state index >= 15 is 0 Å². The van der Waals surface area contributed by atoms with E-state index in [1.165, 1.54) is 44.9 Å². The van der Waals surface area contributed by atoms with E-state index in [-0.39, 0.29) is 12.5 Å². The van der Waals surface area contributed by atoms with Crippen molar-refractivity contribution < 1.29 is 5.11 Å². The summed E-state index contributed by atoms with van der Waals surface area (Å²) in [5.41, 5.74) is 0. The molecule has 0 saturated carbocycles. The zero-order chi connectivity index (χ0) is 17.0. The second-order valence-electron chi connectivity index (χ2n) is 6.07. The summed E-state index contributed by atoms with van der Waals surface area (Å²) >= 11 is 4.88. The highest BCUT2D eigenvalue weighted by atomic mass is 32.1. The van der Waals surface area contributed by atoms with Gasteiger partial charge in [0, 0.05) is 5.92 Å². The molecular weight excluding hydrogens is 300 g/mol. The zero-order valence-corrected chi connectivity index (χ0v) is 15.8. The van der Waals surface area contributed by atoms with Gasteiger partial charge in [0.05, 0.1) is 6.61 Å². The van der Waals surface area contributed by atoms with Gasteiger partial charge in [-0.3, -0.25) is 0 Å². The lowest BCUT2D eigenvalue weighted by Gasteiger charge is -2.07. The largest absolute Gasteiger partial charge is 0.396 e. The van der Waals surface area contributed by atoms with Crippen molar-refractivity contribution in [1.29, 1.82) is 0 Å². The molecule has 0 bridgehead atoms. The Bertz CT molecular complexity index is 331. The molecular formula is C21H36OS. The number of aliphatic hydroxyl groups is 1. The van der Waals surface area contributed by atoms with E-state index in [4.69, 9.17) is 17.3 Å². The molecule has 0 aromatic carbocycles. The van der Waals surface area contributed by atoms with Crippen molar-refractivity contribution in [2.45, 2.75) is 77.6 Å². The Morgan fingerprint density at radius 3 is 1.96 bits per heavy atom. The fourth-order valence-electron chi connectivity index (χ4n) is 2.40. The molecule has 1 N–H and O–H groups in total. The predicted molar refractivity (Wildman–Crippen MR) is 108 cm³/mol. The highest BCUT2D eigenvalue weighted by Crippen LogP contribution is 2.12. The lowest BCUT2D eigenvalue weighted by molar-refractivity contribution is 0.256. The third kappa shape index (κ3) is 17.5. The normalized spacial score (nSPS) is 13.5. The highest BCUT2D eigenvalue weighted by Gasteiger charge is 2.01. The van der Waals surface area contributed by atoms with Crippen LogP contribution in [0.3, 0.4) is 0 Å². The van der Waals surface area contributed by atoms with E-state index in [2.05, 4.69) is 43.4 Å². The van der Waals surface area contributed by atoms with Crippen LogP contribution in [0.15, 0.2) is 36.5 Å². The van der Waals surface area contributed by atoms with Gasteiger partial charge in [-0.1, -0.05) is 87.7 Å². The molecule has 0 aliphatic heterocycles. The van der Waals surface area contributed by atoms with Gasteiger partial charge < -0.3 is 5.11 Å². The van der Waals surface area contributed by atoms with Crippen LogP contribution in [0.1, 0.15) is 77.6 Å². The Hall–Kier alpha value is -0.730. The molecule has 0 rings (SSSR count). The van der Waals surface area contributed by atoms with Gasteiger partial charge in [-0.15, -0.1) is 0 Å². The van der Waals surface area contributed by atoms with Gasteiger partial charge in [0.25, 0.3) is 0 Å². The lowest BCUT2D eigenvalue weighted by atomic mass is 10.0. The molecule has 0 fully saturated rings. The summed E-state index contributed by atoms with van der Waals surface area (Å²) in [6.07, 6.45) is 26.8. The van der Waals surface area contributed by atoms with E-state index in [9.17, 15) is 0 Å². The fourth-order valence-corrected chi connectivity index (χ4v) is 2.63. The summed E-state index contributed by atoms with van der Waals surface area (Å²) < 4.78 is 0. The van der Waals surface area contributed by atoms with Crippen LogP contribution in [0, 0.1) is 5.92 Å². The first-order valence-electron chi connectivity index (χ1n) is 9.36. The Morgan fingerprint density at radius 2 is 1.35 bits per heavy atom. The van der Waals surface area contributed by atoms with Crippen LogP contribution >= 0.6 is 12.2 Å². The van der Waals surface area contributed by atoms with E-state index < -0.39 is 0 Å². The van der Waals surface area contributed by atoms with E-state index in [1.807, 2.05) is 0 Å². The van der Waals surface area contributed by atoms with Crippen molar-refractivity contribution in [1.82, 2.24) is 0 Å². The summed E-state index contributed by atoms with van der Waals surface area (Å²) in [6, 6.07) is 0. The van der Waals surface area contributed by atoms with Gasteiger partial charge in [-0.05, 0) is 43.9 Å². The second-order valence-corrected chi connectivity index (χ2v) is 6.34. The Labute approximate surface area is 149 Å². The average molecular weight is 337 g/mol. The SMILES string of the molecule is CC/C=C\C/C=C\C/C=C\CCCCCCCCC(C=S)CO. The van der Waals surface area contributed by atoms with Crippen LogP contribution in [0.2, 0.25) is 0 Å². The molecule has 2 heteroatoms. The molecule has 0 heterocycles. The molecule has 0 radical (unpaired) electrons. The summed E-state index contributed by atoms with van der Waals surface area (Å²) in [5, 5.41) is 10.8. The summed E-state index contributed by atoms with van der Waals surface area (Å²) in [5.74, 6) is 0.229. The minimum absolute atomic E-state index is 0.209. The molecule has 0 aliphatic carbocycles. The van der Waals surface area contributed by atoms with Gasteiger partial charge in [0.1, 0.15) is 0 Å². The standard InChI is InChI=1S/C21H36OS/c1-2-3-4-5-6-7-8-9-10-11-12-13-14-15-16-17-18-21(19-22)20-23/h3-4,6-7,9-10,20-22H,2,5,8,11-19H2,1H3/b4-3-,7-6-,10-9-. The monoisotopic (exact) mass is 336 g/mol. The highest BCUT2D eigenvalue weighted by molar-refractivity contribution is 7.79. The third-order valence-electron chi connectivity index (χ3n) is 3.90. The number of hydrogen-bond acceptors (Lipinski definition) is 2. The van der Waals surface area contributed by atoms with Gasteiger partial charge in [-0.2, -0.15) is 0 Å². The molecule has 0 aromatic rings. The number of rotatable bonds is 16. The first-order valence-corrected chi connectivity index (χ1v) is 9.83. The first-order chi connectivity index (χ1) is 11.3. The summed E-state index contributed by atoms with van der Waals surface area (Å²) in [6.45, 7) is 2.37. The second kappa shape index (κ2) is 19.3. The molecule has 132 valence electrons. The molecule has 1 nitrogen and oxygen atoms in total. The number of aliphatic hydroxyl groups excluding tert-OH is 1. The summed E-state index contributed by atoms with van der Waals surface area (Å²) in [7, 11) is 0. The molecule has 0 saturated heterocycles. The van der Waals surface area contributed by atoms with Gasteiger partial charge in [0.2, 0.25) is 0 Å². The van der Waals surface area contributed by atoms with E-state index in [0.29, 0.717) is 0 Å². The van der Waals surface area contributed by atoms with Crippen LogP contribution in [-0.4, -0.2) is 17.1 Å². The van der Waals surface area contributed by atoms with Crippen LogP contribution < -0.4 is 0 Å². The minimum atomic E-state index is 0.209. The smallest absolute Gasteiger partial charge is 0.0502 e. The van der Waals surface area contributed by atoms with Crippen LogP contribution in [0.4, 0.5) is 0 Å². The Balaban J connectivity index is 3.28. The number of thiocarbonyl (C=S) groups is 1. The molecule has 0 spiro atoms. The molecule has 0 aliphatic rings. The maximum absolute atomic E-state index is 9.04. The fraction of sp³-hybridized carbons (Fsp3) is 0.667. The minimum Gasteiger partial charge on any atom is -0.396 e. The van der Waals surface area contributed by atoms with Crippen LogP contribution in [0.25, 0.3) is 0 Å². The van der Waals surface area contributed by atoms with E-state index in [0.717, 1.165) is 25.7 Å². The molecule has 0 amide bonds.